The van der Waals surface area contributed by atoms with E-state index in [2.05, 4.69) is 15.6 Å². The SMILES string of the molecule is CC(C)(O)c1cncc(NC(=O)c2cccc3c2CC(=O)N3)c1. The van der Waals surface area contributed by atoms with E-state index in [0.29, 0.717) is 28.1 Å². The number of nitrogens with one attached hydrogen (secondary N) is 2. The van der Waals surface area contributed by atoms with Crippen molar-refractivity contribution in [3.8, 4) is 0 Å². The van der Waals surface area contributed by atoms with Gasteiger partial charge in [-0.05, 0) is 37.6 Å². The van der Waals surface area contributed by atoms with Gasteiger partial charge in [0.05, 0.1) is 23.9 Å². The van der Waals surface area contributed by atoms with Crippen LogP contribution >= 0.6 is 0 Å². The first kappa shape index (κ1) is 15.2. The largest absolute Gasteiger partial charge is 0.386 e. The van der Waals surface area contributed by atoms with Crippen molar-refractivity contribution in [1.82, 2.24) is 4.98 Å². The third-order valence-electron chi connectivity index (χ3n) is 3.73. The fourth-order valence-corrected chi connectivity index (χ4v) is 2.50. The zero-order valence-electron chi connectivity index (χ0n) is 12.9. The lowest BCUT2D eigenvalue weighted by Gasteiger charge is -2.18. The number of aliphatic hydroxyl groups is 1. The maximum Gasteiger partial charge on any atom is 0.256 e. The van der Waals surface area contributed by atoms with Crippen molar-refractivity contribution in [3.05, 3.63) is 53.3 Å². The van der Waals surface area contributed by atoms with Crippen molar-refractivity contribution in [2.24, 2.45) is 0 Å². The summed E-state index contributed by atoms with van der Waals surface area (Å²) in [5.74, 6) is -0.431. The van der Waals surface area contributed by atoms with Crippen molar-refractivity contribution >= 4 is 23.2 Å². The summed E-state index contributed by atoms with van der Waals surface area (Å²) >= 11 is 0. The summed E-state index contributed by atoms with van der Waals surface area (Å²) < 4.78 is 0. The molecule has 2 amide bonds. The summed E-state index contributed by atoms with van der Waals surface area (Å²) in [4.78, 5) is 28.0. The summed E-state index contributed by atoms with van der Waals surface area (Å²) in [7, 11) is 0. The van der Waals surface area contributed by atoms with E-state index >= 15 is 0 Å². The van der Waals surface area contributed by atoms with Crippen LogP contribution in [0.15, 0.2) is 36.7 Å². The molecule has 0 spiro atoms. The van der Waals surface area contributed by atoms with Crippen LogP contribution in [0.1, 0.15) is 35.3 Å². The van der Waals surface area contributed by atoms with E-state index in [1.807, 2.05) is 0 Å². The lowest BCUT2D eigenvalue weighted by atomic mass is 10.00. The molecule has 0 radical (unpaired) electrons. The Morgan fingerprint density at radius 3 is 2.87 bits per heavy atom. The highest BCUT2D eigenvalue weighted by Gasteiger charge is 2.24. The second-order valence-corrected chi connectivity index (χ2v) is 6.03. The maximum absolute atomic E-state index is 12.5. The number of carbonyl (C=O) groups is 2. The normalized spacial score (nSPS) is 13.4. The number of benzene rings is 1. The number of rotatable bonds is 3. The first-order valence-corrected chi connectivity index (χ1v) is 7.25. The number of anilines is 2. The van der Waals surface area contributed by atoms with E-state index in [1.165, 1.54) is 6.20 Å². The first-order chi connectivity index (χ1) is 10.8. The molecule has 2 aromatic rings. The van der Waals surface area contributed by atoms with Crippen LogP contribution in [-0.4, -0.2) is 21.9 Å². The average molecular weight is 311 g/mol. The molecule has 0 bridgehead atoms. The van der Waals surface area contributed by atoms with Gasteiger partial charge in [0.2, 0.25) is 5.91 Å². The van der Waals surface area contributed by atoms with Gasteiger partial charge in [-0.25, -0.2) is 0 Å². The van der Waals surface area contributed by atoms with Gasteiger partial charge in [0.1, 0.15) is 0 Å². The predicted molar refractivity (Wildman–Crippen MR) is 86.2 cm³/mol. The molecule has 0 atom stereocenters. The lowest BCUT2D eigenvalue weighted by molar-refractivity contribution is -0.115. The maximum atomic E-state index is 12.5. The molecule has 0 unspecified atom stereocenters. The van der Waals surface area contributed by atoms with Crippen LogP contribution in [0.4, 0.5) is 11.4 Å². The van der Waals surface area contributed by atoms with Gasteiger partial charge in [-0.1, -0.05) is 6.07 Å². The Labute approximate surface area is 133 Å². The second-order valence-electron chi connectivity index (χ2n) is 6.03. The van der Waals surface area contributed by atoms with E-state index in [-0.39, 0.29) is 18.2 Å². The standard InChI is InChI=1S/C17H17N3O3/c1-17(2,23)10-6-11(9-18-8-10)19-16(22)12-4-3-5-14-13(12)7-15(21)20-14/h3-6,8-9,23H,7H2,1-2H3,(H,19,22)(H,20,21). The van der Waals surface area contributed by atoms with Gasteiger partial charge in [0, 0.05) is 23.0 Å². The number of hydrogen-bond donors (Lipinski definition) is 3. The fourth-order valence-electron chi connectivity index (χ4n) is 2.50. The lowest BCUT2D eigenvalue weighted by Crippen LogP contribution is -2.18. The molecule has 2 heterocycles. The number of fused-ring (bicyclic) bond motifs is 1. The molecule has 0 saturated heterocycles. The summed E-state index contributed by atoms with van der Waals surface area (Å²) in [5, 5.41) is 15.5. The monoisotopic (exact) mass is 311 g/mol. The third kappa shape index (κ3) is 3.07. The van der Waals surface area contributed by atoms with E-state index in [4.69, 9.17) is 0 Å². The van der Waals surface area contributed by atoms with Gasteiger partial charge in [-0.15, -0.1) is 0 Å². The fraction of sp³-hybridized carbons (Fsp3) is 0.235. The molecule has 6 nitrogen and oxygen atoms in total. The Balaban J connectivity index is 1.87. The van der Waals surface area contributed by atoms with Crippen molar-refractivity contribution in [1.29, 1.82) is 0 Å². The highest BCUT2D eigenvalue weighted by molar-refractivity contribution is 6.10. The summed E-state index contributed by atoms with van der Waals surface area (Å²) in [6, 6.07) is 6.86. The molecule has 0 saturated carbocycles. The van der Waals surface area contributed by atoms with Gasteiger partial charge in [-0.2, -0.15) is 0 Å². The molecule has 1 aromatic carbocycles. The van der Waals surface area contributed by atoms with Gasteiger partial charge >= 0.3 is 0 Å². The molecule has 3 rings (SSSR count). The van der Waals surface area contributed by atoms with Crippen LogP contribution in [0.25, 0.3) is 0 Å². The quantitative estimate of drug-likeness (QED) is 0.809. The topological polar surface area (TPSA) is 91.3 Å². The number of amides is 2. The summed E-state index contributed by atoms with van der Waals surface area (Å²) in [5.41, 5.74) is 1.87. The molecule has 118 valence electrons. The van der Waals surface area contributed by atoms with E-state index in [0.717, 1.165) is 0 Å². The molecule has 0 fully saturated rings. The second kappa shape index (κ2) is 5.48. The van der Waals surface area contributed by atoms with Crippen LogP contribution in [-0.2, 0) is 16.8 Å². The average Bonchev–Trinajstić information content (AvgIpc) is 2.86. The minimum absolute atomic E-state index is 0.119. The highest BCUT2D eigenvalue weighted by Crippen LogP contribution is 2.27. The zero-order chi connectivity index (χ0) is 16.6. The Kier molecular flexibility index (Phi) is 3.61. The number of hydrogen-bond acceptors (Lipinski definition) is 4. The van der Waals surface area contributed by atoms with Crippen molar-refractivity contribution in [2.75, 3.05) is 10.6 Å². The van der Waals surface area contributed by atoms with Crippen LogP contribution in [0.3, 0.4) is 0 Å². The van der Waals surface area contributed by atoms with Gasteiger partial charge < -0.3 is 15.7 Å². The van der Waals surface area contributed by atoms with Crippen LogP contribution in [0, 0.1) is 0 Å². The molecule has 1 aliphatic rings. The van der Waals surface area contributed by atoms with Gasteiger partial charge in [0.15, 0.2) is 0 Å². The van der Waals surface area contributed by atoms with Crippen molar-refractivity contribution in [2.45, 2.75) is 25.9 Å². The minimum Gasteiger partial charge on any atom is -0.386 e. The number of aromatic nitrogens is 1. The highest BCUT2D eigenvalue weighted by atomic mass is 16.3. The van der Waals surface area contributed by atoms with Crippen LogP contribution in [0.5, 0.6) is 0 Å². The van der Waals surface area contributed by atoms with E-state index in [1.54, 1.807) is 44.3 Å². The molecule has 23 heavy (non-hydrogen) atoms. The Hall–Kier alpha value is -2.73. The Morgan fingerprint density at radius 1 is 1.35 bits per heavy atom. The van der Waals surface area contributed by atoms with Crippen LogP contribution < -0.4 is 10.6 Å². The van der Waals surface area contributed by atoms with Crippen molar-refractivity contribution in [3.63, 3.8) is 0 Å². The molecule has 1 aliphatic heterocycles. The minimum atomic E-state index is -1.04. The third-order valence-corrected chi connectivity index (χ3v) is 3.73. The number of nitrogens with zero attached hydrogens (tertiary/aromatic N) is 1. The molecule has 1 aromatic heterocycles. The van der Waals surface area contributed by atoms with Gasteiger partial charge in [0.25, 0.3) is 5.91 Å². The predicted octanol–water partition coefficient (Wildman–Crippen LogP) is 2.06. The Bertz CT molecular complexity index is 794. The number of pyridine rings is 1. The van der Waals surface area contributed by atoms with E-state index in [9.17, 15) is 14.7 Å². The van der Waals surface area contributed by atoms with E-state index < -0.39 is 5.60 Å². The molecular formula is C17H17N3O3. The summed E-state index contributed by atoms with van der Waals surface area (Å²) in [6.07, 6.45) is 3.26. The molecule has 6 heteroatoms. The molecule has 3 N–H and O–H groups in total. The molecule has 0 aliphatic carbocycles. The summed E-state index contributed by atoms with van der Waals surface area (Å²) in [6.45, 7) is 3.30. The van der Waals surface area contributed by atoms with Gasteiger partial charge in [-0.3, -0.25) is 14.6 Å². The first-order valence-electron chi connectivity index (χ1n) is 7.25. The van der Waals surface area contributed by atoms with Crippen LogP contribution in [0.2, 0.25) is 0 Å². The zero-order valence-corrected chi connectivity index (χ0v) is 12.9. The van der Waals surface area contributed by atoms with Crippen molar-refractivity contribution < 1.29 is 14.7 Å². The number of carbonyl (C=O) groups excluding carboxylic acids is 2. The Morgan fingerprint density at radius 2 is 2.13 bits per heavy atom. The smallest absolute Gasteiger partial charge is 0.256 e. The molecular weight excluding hydrogens is 294 g/mol.